The maximum Gasteiger partial charge on any atom is -0.00462 e. The lowest BCUT2D eigenvalue weighted by Crippen LogP contribution is -2.27. The summed E-state index contributed by atoms with van der Waals surface area (Å²) in [5.41, 5.74) is 7.36. The summed E-state index contributed by atoms with van der Waals surface area (Å²) >= 11 is 1.81. The fourth-order valence-corrected chi connectivity index (χ4v) is 3.46. The van der Waals surface area contributed by atoms with E-state index >= 15 is 0 Å². The highest BCUT2D eigenvalue weighted by Crippen LogP contribution is 2.32. The first-order chi connectivity index (χ1) is 7.40. The molecule has 1 heterocycles. The standard InChI is InChI=1S/C13H21NS/c14-9-13-4-2-1-3-12(13)6-5-11-7-8-15-10-11/h7-8,10,12-13H,1-6,9,14H2. The highest BCUT2D eigenvalue weighted by Gasteiger charge is 2.23. The van der Waals surface area contributed by atoms with Crippen LogP contribution in [-0.2, 0) is 6.42 Å². The lowest BCUT2D eigenvalue weighted by atomic mass is 9.76. The molecule has 0 spiro atoms. The summed E-state index contributed by atoms with van der Waals surface area (Å²) in [6, 6.07) is 2.25. The second-order valence-corrected chi connectivity index (χ2v) is 5.49. The average Bonchev–Trinajstić information content (AvgIpc) is 2.79. The van der Waals surface area contributed by atoms with Gasteiger partial charge in [-0.05, 0) is 60.0 Å². The largest absolute Gasteiger partial charge is 0.330 e. The van der Waals surface area contributed by atoms with Crippen molar-refractivity contribution in [2.45, 2.75) is 38.5 Å². The number of hydrogen-bond donors (Lipinski definition) is 1. The Morgan fingerprint density at radius 2 is 2.07 bits per heavy atom. The molecule has 1 aliphatic carbocycles. The van der Waals surface area contributed by atoms with E-state index in [1.54, 1.807) is 0 Å². The molecule has 2 atom stereocenters. The van der Waals surface area contributed by atoms with Gasteiger partial charge < -0.3 is 5.73 Å². The molecule has 1 saturated carbocycles. The summed E-state index contributed by atoms with van der Waals surface area (Å²) < 4.78 is 0. The summed E-state index contributed by atoms with van der Waals surface area (Å²) in [5.74, 6) is 1.70. The van der Waals surface area contributed by atoms with Crippen molar-refractivity contribution in [3.8, 4) is 0 Å². The molecule has 84 valence electrons. The molecule has 0 aliphatic heterocycles. The minimum atomic E-state index is 0.803. The average molecular weight is 223 g/mol. The normalized spacial score (nSPS) is 26.7. The summed E-state index contributed by atoms with van der Waals surface area (Å²) in [6.45, 7) is 0.897. The van der Waals surface area contributed by atoms with E-state index < -0.39 is 0 Å². The topological polar surface area (TPSA) is 26.0 Å². The Morgan fingerprint density at radius 3 is 2.73 bits per heavy atom. The summed E-state index contributed by atoms with van der Waals surface area (Å²) in [5, 5.41) is 4.46. The van der Waals surface area contributed by atoms with Gasteiger partial charge in [-0.25, -0.2) is 0 Å². The first-order valence-corrected chi connectivity index (χ1v) is 7.05. The lowest BCUT2D eigenvalue weighted by Gasteiger charge is -2.30. The van der Waals surface area contributed by atoms with Crippen molar-refractivity contribution in [3.05, 3.63) is 22.4 Å². The van der Waals surface area contributed by atoms with Gasteiger partial charge in [0.2, 0.25) is 0 Å². The third kappa shape index (κ3) is 3.05. The van der Waals surface area contributed by atoms with E-state index in [1.165, 1.54) is 44.1 Å². The minimum absolute atomic E-state index is 0.803. The fraction of sp³-hybridized carbons (Fsp3) is 0.692. The Kier molecular flexibility index (Phi) is 4.21. The monoisotopic (exact) mass is 223 g/mol. The van der Waals surface area contributed by atoms with E-state index in [-0.39, 0.29) is 0 Å². The van der Waals surface area contributed by atoms with Crippen molar-refractivity contribution in [1.82, 2.24) is 0 Å². The lowest BCUT2D eigenvalue weighted by molar-refractivity contribution is 0.230. The van der Waals surface area contributed by atoms with Gasteiger partial charge in [0.15, 0.2) is 0 Å². The number of nitrogens with two attached hydrogens (primary N) is 1. The van der Waals surface area contributed by atoms with Gasteiger partial charge in [-0.2, -0.15) is 11.3 Å². The molecule has 0 bridgehead atoms. The van der Waals surface area contributed by atoms with Crippen molar-refractivity contribution in [2.75, 3.05) is 6.54 Å². The zero-order chi connectivity index (χ0) is 10.5. The summed E-state index contributed by atoms with van der Waals surface area (Å²) in [7, 11) is 0. The molecule has 0 saturated heterocycles. The zero-order valence-electron chi connectivity index (χ0n) is 9.32. The van der Waals surface area contributed by atoms with E-state index in [0.29, 0.717) is 0 Å². The van der Waals surface area contributed by atoms with Crippen molar-refractivity contribution in [2.24, 2.45) is 17.6 Å². The molecule has 1 fully saturated rings. The third-order valence-electron chi connectivity index (χ3n) is 3.75. The third-order valence-corrected chi connectivity index (χ3v) is 4.49. The Morgan fingerprint density at radius 1 is 1.27 bits per heavy atom. The Labute approximate surface area is 96.7 Å². The van der Waals surface area contributed by atoms with Crippen molar-refractivity contribution >= 4 is 11.3 Å². The first kappa shape index (κ1) is 11.2. The SMILES string of the molecule is NCC1CCCCC1CCc1ccsc1. The van der Waals surface area contributed by atoms with Crippen LogP contribution in [0, 0.1) is 11.8 Å². The maximum absolute atomic E-state index is 5.84. The molecule has 1 aromatic heterocycles. The highest BCUT2D eigenvalue weighted by atomic mass is 32.1. The van der Waals surface area contributed by atoms with Crippen LogP contribution in [0.1, 0.15) is 37.7 Å². The number of aryl methyl sites for hydroxylation is 1. The van der Waals surface area contributed by atoms with Crippen LogP contribution >= 0.6 is 11.3 Å². The van der Waals surface area contributed by atoms with Gasteiger partial charge in [0.25, 0.3) is 0 Å². The Balaban J connectivity index is 1.81. The first-order valence-electron chi connectivity index (χ1n) is 6.11. The molecule has 1 aromatic rings. The molecule has 2 N–H and O–H groups in total. The van der Waals surface area contributed by atoms with Crippen LogP contribution in [0.3, 0.4) is 0 Å². The molecule has 15 heavy (non-hydrogen) atoms. The quantitative estimate of drug-likeness (QED) is 0.831. The molecule has 2 rings (SSSR count). The predicted molar refractivity (Wildman–Crippen MR) is 67.1 cm³/mol. The summed E-state index contributed by atoms with van der Waals surface area (Å²) in [4.78, 5) is 0. The summed E-state index contributed by atoms with van der Waals surface area (Å²) in [6.07, 6.45) is 8.20. The van der Waals surface area contributed by atoms with Gasteiger partial charge in [-0.3, -0.25) is 0 Å². The molecule has 0 amide bonds. The van der Waals surface area contributed by atoms with E-state index in [4.69, 9.17) is 5.73 Å². The van der Waals surface area contributed by atoms with E-state index in [9.17, 15) is 0 Å². The van der Waals surface area contributed by atoms with Crippen molar-refractivity contribution in [3.63, 3.8) is 0 Å². The Hall–Kier alpha value is -0.340. The fourth-order valence-electron chi connectivity index (χ4n) is 2.76. The van der Waals surface area contributed by atoms with Gasteiger partial charge in [0, 0.05) is 0 Å². The van der Waals surface area contributed by atoms with Crippen LogP contribution < -0.4 is 5.73 Å². The van der Waals surface area contributed by atoms with Gasteiger partial charge in [-0.1, -0.05) is 19.3 Å². The maximum atomic E-state index is 5.84. The van der Waals surface area contributed by atoms with Crippen molar-refractivity contribution in [1.29, 1.82) is 0 Å². The molecule has 2 heteroatoms. The van der Waals surface area contributed by atoms with Gasteiger partial charge in [0.05, 0.1) is 0 Å². The van der Waals surface area contributed by atoms with Crippen LogP contribution in [0.2, 0.25) is 0 Å². The molecule has 1 nitrogen and oxygen atoms in total. The Bertz CT molecular complexity index is 268. The molecule has 0 radical (unpaired) electrons. The molecular weight excluding hydrogens is 202 g/mol. The van der Waals surface area contributed by atoms with E-state index in [1.807, 2.05) is 11.3 Å². The van der Waals surface area contributed by atoms with Crippen LogP contribution in [0.15, 0.2) is 16.8 Å². The van der Waals surface area contributed by atoms with E-state index in [0.717, 1.165) is 18.4 Å². The molecule has 2 unspecified atom stereocenters. The number of rotatable bonds is 4. The second-order valence-electron chi connectivity index (χ2n) is 4.71. The van der Waals surface area contributed by atoms with E-state index in [2.05, 4.69) is 16.8 Å². The number of thiophene rings is 1. The van der Waals surface area contributed by atoms with Gasteiger partial charge >= 0.3 is 0 Å². The van der Waals surface area contributed by atoms with Crippen LogP contribution in [-0.4, -0.2) is 6.54 Å². The zero-order valence-corrected chi connectivity index (χ0v) is 10.1. The highest BCUT2D eigenvalue weighted by molar-refractivity contribution is 7.07. The smallest absolute Gasteiger partial charge is 0.00462 e. The number of hydrogen-bond acceptors (Lipinski definition) is 2. The second kappa shape index (κ2) is 5.66. The molecule has 1 aliphatic rings. The van der Waals surface area contributed by atoms with Gasteiger partial charge in [-0.15, -0.1) is 0 Å². The van der Waals surface area contributed by atoms with Crippen LogP contribution in [0.4, 0.5) is 0 Å². The molecular formula is C13H21NS. The molecule has 0 aromatic carbocycles. The van der Waals surface area contributed by atoms with Gasteiger partial charge in [0.1, 0.15) is 0 Å². The van der Waals surface area contributed by atoms with Crippen LogP contribution in [0.25, 0.3) is 0 Å². The minimum Gasteiger partial charge on any atom is -0.330 e. The van der Waals surface area contributed by atoms with Crippen LogP contribution in [0.5, 0.6) is 0 Å². The predicted octanol–water partition coefficient (Wildman–Crippen LogP) is 3.45. The van der Waals surface area contributed by atoms with Crippen molar-refractivity contribution < 1.29 is 0 Å².